The lowest BCUT2D eigenvalue weighted by atomic mass is 9.92. The van der Waals surface area contributed by atoms with Crippen LogP contribution in [0.15, 0.2) is 30.3 Å². The van der Waals surface area contributed by atoms with Gasteiger partial charge in [0.25, 0.3) is 6.47 Å². The minimum Gasteiger partial charge on any atom is -0.467 e. The van der Waals surface area contributed by atoms with Crippen molar-refractivity contribution in [2.24, 2.45) is 5.92 Å². The third kappa shape index (κ3) is 4.47. The Bertz CT molecular complexity index is 293. The summed E-state index contributed by atoms with van der Waals surface area (Å²) in [5.41, 5.74) is 1.25. The standard InChI is InChI=1S/C14H20O2/c1-12(2)8-9-14(10-16-11-15)13-6-4-3-5-7-13/h3-7,11-12,14H,8-10H2,1-2H3. The molecule has 0 heterocycles. The smallest absolute Gasteiger partial charge is 0.293 e. The van der Waals surface area contributed by atoms with E-state index in [9.17, 15) is 4.79 Å². The average Bonchev–Trinajstić information content (AvgIpc) is 2.30. The fraction of sp³-hybridized carbons (Fsp3) is 0.500. The molecule has 0 fully saturated rings. The number of ether oxygens (including phenoxy) is 1. The molecule has 1 rings (SSSR count). The van der Waals surface area contributed by atoms with Crippen molar-refractivity contribution in [2.45, 2.75) is 32.6 Å². The molecule has 0 radical (unpaired) electrons. The van der Waals surface area contributed by atoms with Gasteiger partial charge in [0, 0.05) is 5.92 Å². The molecule has 0 amide bonds. The lowest BCUT2D eigenvalue weighted by Gasteiger charge is -2.17. The Morgan fingerprint density at radius 2 is 1.88 bits per heavy atom. The summed E-state index contributed by atoms with van der Waals surface area (Å²) in [4.78, 5) is 10.3. The van der Waals surface area contributed by atoms with E-state index >= 15 is 0 Å². The third-order valence-electron chi connectivity index (χ3n) is 2.73. The molecule has 0 aliphatic heterocycles. The number of rotatable bonds is 7. The van der Waals surface area contributed by atoms with Gasteiger partial charge in [-0.15, -0.1) is 0 Å². The second-order valence-corrected chi connectivity index (χ2v) is 4.51. The van der Waals surface area contributed by atoms with Crippen molar-refractivity contribution < 1.29 is 9.53 Å². The van der Waals surface area contributed by atoms with E-state index in [1.807, 2.05) is 18.2 Å². The van der Waals surface area contributed by atoms with Crippen LogP contribution in [0.1, 0.15) is 38.2 Å². The zero-order chi connectivity index (χ0) is 11.8. The van der Waals surface area contributed by atoms with Gasteiger partial charge >= 0.3 is 0 Å². The summed E-state index contributed by atoms with van der Waals surface area (Å²) in [6.07, 6.45) is 2.22. The summed E-state index contributed by atoms with van der Waals surface area (Å²) in [7, 11) is 0. The van der Waals surface area contributed by atoms with Gasteiger partial charge in [-0.3, -0.25) is 4.79 Å². The molecule has 2 nitrogen and oxygen atoms in total. The van der Waals surface area contributed by atoms with Gasteiger partial charge < -0.3 is 4.74 Å². The van der Waals surface area contributed by atoms with Crippen LogP contribution in [0.25, 0.3) is 0 Å². The van der Waals surface area contributed by atoms with Crippen LogP contribution in [-0.4, -0.2) is 13.1 Å². The molecule has 88 valence electrons. The van der Waals surface area contributed by atoms with E-state index < -0.39 is 0 Å². The first-order chi connectivity index (χ1) is 7.74. The van der Waals surface area contributed by atoms with Crippen molar-refractivity contribution in [2.75, 3.05) is 6.61 Å². The lowest BCUT2D eigenvalue weighted by molar-refractivity contribution is -0.129. The molecule has 0 aromatic heterocycles. The average molecular weight is 220 g/mol. The van der Waals surface area contributed by atoms with Crippen LogP contribution >= 0.6 is 0 Å². The molecule has 1 aromatic carbocycles. The van der Waals surface area contributed by atoms with Gasteiger partial charge in [0.05, 0.1) is 6.61 Å². The highest BCUT2D eigenvalue weighted by molar-refractivity contribution is 5.37. The minimum atomic E-state index is 0.328. The van der Waals surface area contributed by atoms with Crippen molar-refractivity contribution in [1.29, 1.82) is 0 Å². The molecule has 0 aliphatic rings. The van der Waals surface area contributed by atoms with E-state index in [2.05, 4.69) is 26.0 Å². The molecule has 16 heavy (non-hydrogen) atoms. The maximum absolute atomic E-state index is 10.3. The summed E-state index contributed by atoms with van der Waals surface area (Å²) in [6, 6.07) is 10.2. The summed E-state index contributed by atoms with van der Waals surface area (Å²) in [6.45, 7) is 5.44. The van der Waals surface area contributed by atoms with E-state index in [1.165, 1.54) is 5.56 Å². The first-order valence-corrected chi connectivity index (χ1v) is 5.84. The topological polar surface area (TPSA) is 26.3 Å². The zero-order valence-electron chi connectivity index (χ0n) is 10.1. The van der Waals surface area contributed by atoms with Crippen LogP contribution in [0.3, 0.4) is 0 Å². The van der Waals surface area contributed by atoms with Gasteiger partial charge in [0.1, 0.15) is 0 Å². The van der Waals surface area contributed by atoms with E-state index in [0.29, 0.717) is 24.9 Å². The van der Waals surface area contributed by atoms with Gasteiger partial charge in [-0.05, 0) is 17.9 Å². The molecule has 1 aromatic rings. The molecule has 0 spiro atoms. The number of carbonyl (C=O) groups is 1. The molecule has 0 N–H and O–H groups in total. The van der Waals surface area contributed by atoms with Gasteiger partial charge in [0.15, 0.2) is 0 Å². The second kappa shape index (κ2) is 7.04. The molecule has 0 aliphatic carbocycles. The Morgan fingerprint density at radius 1 is 1.19 bits per heavy atom. The third-order valence-corrected chi connectivity index (χ3v) is 2.73. The number of carbonyl (C=O) groups excluding carboxylic acids is 1. The van der Waals surface area contributed by atoms with Crippen molar-refractivity contribution in [1.82, 2.24) is 0 Å². The highest BCUT2D eigenvalue weighted by Crippen LogP contribution is 2.23. The summed E-state index contributed by atoms with van der Waals surface area (Å²) < 4.78 is 4.90. The normalized spacial score (nSPS) is 12.4. The highest BCUT2D eigenvalue weighted by atomic mass is 16.5. The molecular weight excluding hydrogens is 200 g/mol. The van der Waals surface area contributed by atoms with Gasteiger partial charge in [-0.1, -0.05) is 50.6 Å². The lowest BCUT2D eigenvalue weighted by Crippen LogP contribution is -2.08. The van der Waals surface area contributed by atoms with Crippen LogP contribution in [0.4, 0.5) is 0 Å². The molecule has 0 saturated carbocycles. The second-order valence-electron chi connectivity index (χ2n) is 4.51. The van der Waals surface area contributed by atoms with Gasteiger partial charge in [-0.25, -0.2) is 0 Å². The Kier molecular flexibility index (Phi) is 5.62. The SMILES string of the molecule is CC(C)CCC(COC=O)c1ccccc1. The molecule has 0 bridgehead atoms. The predicted octanol–water partition coefficient (Wildman–Crippen LogP) is 3.38. The van der Waals surface area contributed by atoms with Crippen LogP contribution in [0, 0.1) is 5.92 Å². The van der Waals surface area contributed by atoms with E-state index in [-0.39, 0.29) is 0 Å². The first-order valence-electron chi connectivity index (χ1n) is 5.84. The highest BCUT2D eigenvalue weighted by Gasteiger charge is 2.12. The summed E-state index contributed by atoms with van der Waals surface area (Å²) >= 11 is 0. The van der Waals surface area contributed by atoms with Crippen LogP contribution in [0.5, 0.6) is 0 Å². The van der Waals surface area contributed by atoms with E-state index in [4.69, 9.17) is 4.74 Å². The fourth-order valence-electron chi connectivity index (χ4n) is 1.76. The van der Waals surface area contributed by atoms with Crippen molar-refractivity contribution in [3.05, 3.63) is 35.9 Å². The van der Waals surface area contributed by atoms with Crippen molar-refractivity contribution in [3.63, 3.8) is 0 Å². The maximum atomic E-state index is 10.3. The molecular formula is C14H20O2. The molecule has 0 saturated heterocycles. The fourth-order valence-corrected chi connectivity index (χ4v) is 1.76. The Morgan fingerprint density at radius 3 is 2.44 bits per heavy atom. The quantitative estimate of drug-likeness (QED) is 0.658. The van der Waals surface area contributed by atoms with Crippen LogP contribution < -0.4 is 0 Å². The maximum Gasteiger partial charge on any atom is 0.293 e. The molecule has 1 atom stereocenters. The van der Waals surface area contributed by atoms with E-state index in [0.717, 1.165) is 12.8 Å². The van der Waals surface area contributed by atoms with Crippen LogP contribution in [0.2, 0.25) is 0 Å². The number of hydrogen-bond acceptors (Lipinski definition) is 2. The van der Waals surface area contributed by atoms with E-state index in [1.54, 1.807) is 0 Å². The molecule has 1 unspecified atom stereocenters. The van der Waals surface area contributed by atoms with Crippen molar-refractivity contribution in [3.8, 4) is 0 Å². The molecule has 2 heteroatoms. The Hall–Kier alpha value is -1.31. The zero-order valence-corrected chi connectivity index (χ0v) is 10.1. The Labute approximate surface area is 97.6 Å². The Balaban J connectivity index is 2.59. The van der Waals surface area contributed by atoms with Gasteiger partial charge in [0.2, 0.25) is 0 Å². The van der Waals surface area contributed by atoms with Gasteiger partial charge in [-0.2, -0.15) is 0 Å². The first kappa shape index (κ1) is 12.8. The summed E-state index contributed by atoms with van der Waals surface area (Å²) in [5, 5.41) is 0. The number of hydrogen-bond donors (Lipinski definition) is 0. The summed E-state index contributed by atoms with van der Waals surface area (Å²) in [5.74, 6) is 1.01. The van der Waals surface area contributed by atoms with Crippen molar-refractivity contribution >= 4 is 6.47 Å². The number of benzene rings is 1. The monoisotopic (exact) mass is 220 g/mol. The van der Waals surface area contributed by atoms with Crippen LogP contribution in [-0.2, 0) is 9.53 Å². The minimum absolute atomic E-state index is 0.328. The largest absolute Gasteiger partial charge is 0.467 e. The predicted molar refractivity (Wildman–Crippen MR) is 65.3 cm³/mol.